The number of aromatic amines is 1. The maximum atomic E-state index is 5.75. The molecule has 98 valence electrons. The molecule has 2 N–H and O–H groups in total. The molecule has 0 radical (unpaired) electrons. The highest BCUT2D eigenvalue weighted by Gasteiger charge is 2.13. The zero-order chi connectivity index (χ0) is 13.2. The Morgan fingerprint density at radius 2 is 2.21 bits per heavy atom. The van der Waals surface area contributed by atoms with E-state index < -0.39 is 0 Å². The Kier molecular flexibility index (Phi) is 3.05. The first-order valence-electron chi connectivity index (χ1n) is 6.31. The first-order valence-corrected chi connectivity index (χ1v) is 6.31. The molecule has 3 rings (SSSR count). The molecule has 5 heteroatoms. The van der Waals surface area contributed by atoms with Gasteiger partial charge in [-0.1, -0.05) is 18.2 Å². The van der Waals surface area contributed by atoms with Gasteiger partial charge in [-0.2, -0.15) is 5.10 Å². The molecule has 3 aromatic rings. The van der Waals surface area contributed by atoms with Crippen LogP contribution in [-0.4, -0.2) is 15.2 Å². The zero-order valence-corrected chi connectivity index (χ0v) is 11.0. The van der Waals surface area contributed by atoms with Crippen molar-refractivity contribution >= 4 is 11.0 Å². The molecule has 2 aromatic heterocycles. The highest BCUT2D eigenvalue weighted by atomic mass is 16.3. The van der Waals surface area contributed by atoms with Gasteiger partial charge < -0.3 is 9.73 Å². The van der Waals surface area contributed by atoms with E-state index in [0.717, 1.165) is 29.1 Å². The average Bonchev–Trinajstić information content (AvgIpc) is 3.03. The quantitative estimate of drug-likeness (QED) is 0.753. The summed E-state index contributed by atoms with van der Waals surface area (Å²) in [5.41, 5.74) is 2.13. The van der Waals surface area contributed by atoms with Crippen LogP contribution in [0.25, 0.3) is 11.0 Å². The van der Waals surface area contributed by atoms with Crippen LogP contribution in [0.4, 0.5) is 0 Å². The summed E-state index contributed by atoms with van der Waals surface area (Å²) >= 11 is 0. The van der Waals surface area contributed by atoms with Crippen LogP contribution in [0.1, 0.15) is 30.1 Å². The molecule has 1 atom stereocenters. The Morgan fingerprint density at radius 1 is 1.37 bits per heavy atom. The van der Waals surface area contributed by atoms with Gasteiger partial charge in [-0.05, 0) is 19.9 Å². The number of rotatable bonds is 4. The largest absolute Gasteiger partial charge is 0.461 e. The van der Waals surface area contributed by atoms with Crippen LogP contribution in [0.5, 0.6) is 0 Å². The second-order valence-corrected chi connectivity index (χ2v) is 4.61. The highest BCUT2D eigenvalue weighted by Crippen LogP contribution is 2.25. The summed E-state index contributed by atoms with van der Waals surface area (Å²) in [6, 6.07) is 8.21. The molecule has 0 fully saturated rings. The molecule has 0 aliphatic rings. The molecule has 1 aromatic carbocycles. The van der Waals surface area contributed by atoms with Gasteiger partial charge in [-0.25, -0.2) is 4.98 Å². The second-order valence-electron chi connectivity index (χ2n) is 4.61. The fourth-order valence-electron chi connectivity index (χ4n) is 2.22. The molecular formula is C14H16N4O. The average molecular weight is 256 g/mol. The van der Waals surface area contributed by atoms with Crippen molar-refractivity contribution in [1.82, 2.24) is 20.5 Å². The van der Waals surface area contributed by atoms with Gasteiger partial charge >= 0.3 is 0 Å². The summed E-state index contributed by atoms with van der Waals surface area (Å²) < 4.78 is 5.75. The fourth-order valence-corrected chi connectivity index (χ4v) is 2.22. The first kappa shape index (κ1) is 11.9. The van der Waals surface area contributed by atoms with Crippen LogP contribution >= 0.6 is 0 Å². The van der Waals surface area contributed by atoms with Gasteiger partial charge in [0.2, 0.25) is 0 Å². The minimum absolute atomic E-state index is 0.121. The standard InChI is InChI=1S/C14H16N4O/c1-9(14-16-8-17-18-14)15-7-12-10(2)19-13-6-4-3-5-11(12)13/h3-6,8-9,15H,7H2,1-2H3,(H,16,17,18). The Balaban J connectivity index is 1.80. The number of para-hydroxylation sites is 1. The minimum Gasteiger partial charge on any atom is -0.461 e. The summed E-state index contributed by atoms with van der Waals surface area (Å²) in [7, 11) is 0. The topological polar surface area (TPSA) is 66.7 Å². The van der Waals surface area contributed by atoms with Crippen molar-refractivity contribution in [1.29, 1.82) is 0 Å². The van der Waals surface area contributed by atoms with Crippen molar-refractivity contribution in [2.24, 2.45) is 0 Å². The summed E-state index contributed by atoms with van der Waals surface area (Å²) in [6.45, 7) is 4.79. The van der Waals surface area contributed by atoms with Crippen molar-refractivity contribution < 1.29 is 4.42 Å². The van der Waals surface area contributed by atoms with Gasteiger partial charge in [0.15, 0.2) is 0 Å². The van der Waals surface area contributed by atoms with Crippen LogP contribution < -0.4 is 5.32 Å². The van der Waals surface area contributed by atoms with E-state index >= 15 is 0 Å². The van der Waals surface area contributed by atoms with Crippen LogP contribution in [0.3, 0.4) is 0 Å². The molecule has 0 bridgehead atoms. The number of aromatic nitrogens is 3. The third kappa shape index (κ3) is 2.24. The number of H-pyrrole nitrogens is 1. The van der Waals surface area contributed by atoms with Crippen molar-refractivity contribution in [3.8, 4) is 0 Å². The lowest BCUT2D eigenvalue weighted by atomic mass is 10.1. The van der Waals surface area contributed by atoms with Crippen molar-refractivity contribution in [3.05, 3.63) is 47.7 Å². The lowest BCUT2D eigenvalue weighted by molar-refractivity contribution is 0.530. The van der Waals surface area contributed by atoms with Crippen LogP contribution in [0.2, 0.25) is 0 Å². The fraction of sp³-hybridized carbons (Fsp3) is 0.286. The lowest BCUT2D eigenvalue weighted by Gasteiger charge is -2.10. The third-order valence-electron chi connectivity index (χ3n) is 3.33. The zero-order valence-electron chi connectivity index (χ0n) is 11.0. The highest BCUT2D eigenvalue weighted by molar-refractivity contribution is 5.82. The number of hydrogen-bond acceptors (Lipinski definition) is 4. The van der Waals surface area contributed by atoms with Gasteiger partial charge in [0, 0.05) is 17.5 Å². The molecular weight excluding hydrogens is 240 g/mol. The number of nitrogens with one attached hydrogen (secondary N) is 2. The maximum Gasteiger partial charge on any atom is 0.141 e. The summed E-state index contributed by atoms with van der Waals surface area (Å²) in [4.78, 5) is 4.15. The monoisotopic (exact) mass is 256 g/mol. The van der Waals surface area contributed by atoms with Gasteiger partial charge in [-0.3, -0.25) is 5.10 Å². The molecule has 19 heavy (non-hydrogen) atoms. The van der Waals surface area contributed by atoms with Crippen molar-refractivity contribution in [2.75, 3.05) is 0 Å². The van der Waals surface area contributed by atoms with Crippen LogP contribution in [0.15, 0.2) is 35.0 Å². The van der Waals surface area contributed by atoms with Crippen molar-refractivity contribution in [3.63, 3.8) is 0 Å². The van der Waals surface area contributed by atoms with E-state index in [0.29, 0.717) is 0 Å². The Bertz CT molecular complexity index is 672. The normalized spacial score (nSPS) is 12.9. The smallest absolute Gasteiger partial charge is 0.141 e. The Hall–Kier alpha value is -2.14. The van der Waals surface area contributed by atoms with E-state index in [-0.39, 0.29) is 6.04 Å². The number of hydrogen-bond donors (Lipinski definition) is 2. The SMILES string of the molecule is Cc1oc2ccccc2c1CNC(C)c1ncn[nH]1. The van der Waals surface area contributed by atoms with E-state index in [1.165, 1.54) is 11.9 Å². The van der Waals surface area contributed by atoms with E-state index in [9.17, 15) is 0 Å². The number of furan rings is 1. The molecule has 0 spiro atoms. The van der Waals surface area contributed by atoms with Crippen LogP contribution in [-0.2, 0) is 6.54 Å². The Morgan fingerprint density at radius 3 is 3.00 bits per heavy atom. The molecule has 5 nitrogen and oxygen atoms in total. The Labute approximate surface area is 111 Å². The predicted molar refractivity (Wildman–Crippen MR) is 72.6 cm³/mol. The number of nitrogens with zero attached hydrogens (tertiary/aromatic N) is 2. The molecule has 1 unspecified atom stereocenters. The molecule has 0 saturated carbocycles. The van der Waals surface area contributed by atoms with Gasteiger partial charge in [0.25, 0.3) is 0 Å². The van der Waals surface area contributed by atoms with Crippen LogP contribution in [0, 0.1) is 6.92 Å². The molecule has 0 saturated heterocycles. The van der Waals surface area contributed by atoms with Gasteiger partial charge in [0.05, 0.1) is 6.04 Å². The number of fused-ring (bicyclic) bond motifs is 1. The number of benzene rings is 1. The minimum atomic E-state index is 0.121. The summed E-state index contributed by atoms with van der Waals surface area (Å²) in [5, 5.41) is 11.3. The van der Waals surface area contributed by atoms with Gasteiger partial charge in [0.1, 0.15) is 23.5 Å². The third-order valence-corrected chi connectivity index (χ3v) is 3.33. The lowest BCUT2D eigenvalue weighted by Crippen LogP contribution is -2.19. The van der Waals surface area contributed by atoms with E-state index in [4.69, 9.17) is 4.42 Å². The van der Waals surface area contributed by atoms with E-state index in [1.54, 1.807) is 0 Å². The molecule has 0 aliphatic heterocycles. The summed E-state index contributed by atoms with van der Waals surface area (Å²) in [6.07, 6.45) is 1.52. The first-order chi connectivity index (χ1) is 9.25. The second kappa shape index (κ2) is 4.85. The maximum absolute atomic E-state index is 5.75. The van der Waals surface area contributed by atoms with Crippen molar-refractivity contribution in [2.45, 2.75) is 26.4 Å². The van der Waals surface area contributed by atoms with E-state index in [1.807, 2.05) is 25.1 Å². The molecule has 0 amide bonds. The van der Waals surface area contributed by atoms with Gasteiger partial charge in [-0.15, -0.1) is 0 Å². The number of aryl methyl sites for hydroxylation is 1. The summed E-state index contributed by atoms with van der Waals surface area (Å²) in [5.74, 6) is 1.80. The molecule has 2 heterocycles. The molecule has 0 aliphatic carbocycles. The van der Waals surface area contributed by atoms with E-state index in [2.05, 4.69) is 33.5 Å². The predicted octanol–water partition coefficient (Wildman–Crippen LogP) is 2.71.